The van der Waals surface area contributed by atoms with Crippen LogP contribution in [0.15, 0.2) is 18.2 Å². The molecule has 3 aliphatic rings. The van der Waals surface area contributed by atoms with Gasteiger partial charge in [-0.25, -0.2) is 0 Å². The Balaban J connectivity index is 1.40. The van der Waals surface area contributed by atoms with Crippen LogP contribution in [0.25, 0.3) is 0 Å². The van der Waals surface area contributed by atoms with Crippen molar-refractivity contribution in [2.75, 3.05) is 37.6 Å². The molecule has 6 heteroatoms. The van der Waals surface area contributed by atoms with Crippen LogP contribution in [-0.2, 0) is 4.79 Å². The molecule has 0 saturated carbocycles. The number of rotatable bonds is 2. The monoisotopic (exact) mass is 391 g/mol. The van der Waals surface area contributed by atoms with Gasteiger partial charge in [-0.2, -0.15) is 0 Å². The van der Waals surface area contributed by atoms with Crippen LogP contribution in [0, 0.1) is 12.3 Å². The summed E-state index contributed by atoms with van der Waals surface area (Å²) in [6.07, 6.45) is 4.11. The number of carbonyl (C=O) groups is 1. The Bertz CT molecular complexity index is 705. The van der Waals surface area contributed by atoms with Crippen molar-refractivity contribution < 1.29 is 9.90 Å². The molecule has 1 aromatic carbocycles. The van der Waals surface area contributed by atoms with E-state index in [1.807, 2.05) is 6.92 Å². The van der Waals surface area contributed by atoms with E-state index in [-0.39, 0.29) is 5.91 Å². The van der Waals surface area contributed by atoms with Gasteiger partial charge in [0, 0.05) is 49.5 Å². The van der Waals surface area contributed by atoms with Crippen molar-refractivity contribution >= 4 is 23.2 Å². The Hall–Kier alpha value is -1.30. The quantitative estimate of drug-likeness (QED) is 0.813. The van der Waals surface area contributed by atoms with E-state index >= 15 is 0 Å². The van der Waals surface area contributed by atoms with Gasteiger partial charge in [0.05, 0.1) is 11.5 Å². The predicted molar refractivity (Wildman–Crippen MR) is 108 cm³/mol. The first-order valence-corrected chi connectivity index (χ1v) is 10.6. The SMILES string of the molecule is Cc1ccc(N2CCC(N3CC[C@H](O)[C@@]4(CCCNC4=O)C3)CC2)cc1Cl. The molecular weight excluding hydrogens is 362 g/mol. The minimum Gasteiger partial charge on any atom is -0.392 e. The third-order valence-corrected chi connectivity index (χ3v) is 7.26. The summed E-state index contributed by atoms with van der Waals surface area (Å²) in [5, 5.41) is 14.4. The number of aliphatic hydroxyl groups excluding tert-OH is 1. The zero-order valence-corrected chi connectivity index (χ0v) is 16.8. The van der Waals surface area contributed by atoms with Crippen LogP contribution in [0.1, 0.15) is 37.7 Å². The smallest absolute Gasteiger partial charge is 0.230 e. The van der Waals surface area contributed by atoms with Gasteiger partial charge in [-0.3, -0.25) is 9.69 Å². The lowest BCUT2D eigenvalue weighted by Gasteiger charge is -2.50. The van der Waals surface area contributed by atoms with E-state index in [9.17, 15) is 9.90 Å². The molecule has 148 valence electrons. The maximum Gasteiger partial charge on any atom is 0.230 e. The van der Waals surface area contributed by atoms with Crippen LogP contribution in [0.4, 0.5) is 5.69 Å². The normalized spacial score (nSPS) is 30.6. The number of carbonyl (C=O) groups excluding carboxylic acids is 1. The highest BCUT2D eigenvalue weighted by molar-refractivity contribution is 6.31. The first-order chi connectivity index (χ1) is 13.0. The van der Waals surface area contributed by atoms with Crippen molar-refractivity contribution in [3.8, 4) is 0 Å². The van der Waals surface area contributed by atoms with Gasteiger partial charge in [0.2, 0.25) is 5.91 Å². The second-order valence-corrected chi connectivity index (χ2v) is 8.85. The third kappa shape index (κ3) is 3.57. The fourth-order valence-electron chi connectivity index (χ4n) is 5.05. The number of nitrogens with one attached hydrogen (secondary N) is 1. The molecule has 3 aliphatic heterocycles. The number of hydrogen-bond donors (Lipinski definition) is 2. The molecule has 0 aromatic heterocycles. The summed E-state index contributed by atoms with van der Waals surface area (Å²) >= 11 is 6.30. The number of aryl methyl sites for hydroxylation is 1. The number of amides is 1. The summed E-state index contributed by atoms with van der Waals surface area (Å²) in [5.41, 5.74) is 1.71. The van der Waals surface area contributed by atoms with Crippen LogP contribution >= 0.6 is 11.6 Å². The number of nitrogens with zero attached hydrogens (tertiary/aromatic N) is 2. The summed E-state index contributed by atoms with van der Waals surface area (Å²) < 4.78 is 0. The molecule has 0 bridgehead atoms. The van der Waals surface area contributed by atoms with Gasteiger partial charge >= 0.3 is 0 Å². The van der Waals surface area contributed by atoms with Crippen LogP contribution < -0.4 is 10.2 Å². The zero-order chi connectivity index (χ0) is 19.0. The van der Waals surface area contributed by atoms with Gasteiger partial charge in [0.25, 0.3) is 0 Å². The number of piperidine rings is 3. The molecule has 2 atom stereocenters. The fraction of sp³-hybridized carbons (Fsp3) is 0.667. The maximum atomic E-state index is 12.6. The lowest BCUT2D eigenvalue weighted by atomic mass is 9.71. The van der Waals surface area contributed by atoms with Gasteiger partial charge in [0.15, 0.2) is 0 Å². The van der Waals surface area contributed by atoms with Gasteiger partial charge in [0.1, 0.15) is 0 Å². The van der Waals surface area contributed by atoms with E-state index in [4.69, 9.17) is 11.6 Å². The van der Waals surface area contributed by atoms with E-state index in [0.29, 0.717) is 19.0 Å². The van der Waals surface area contributed by atoms with E-state index in [1.165, 1.54) is 5.69 Å². The number of benzene rings is 1. The molecule has 3 saturated heterocycles. The minimum absolute atomic E-state index is 0.0534. The van der Waals surface area contributed by atoms with E-state index in [1.54, 1.807) is 0 Å². The van der Waals surface area contributed by atoms with Gasteiger partial charge < -0.3 is 15.3 Å². The molecular formula is C21H30ClN3O2. The molecule has 0 unspecified atom stereocenters. The Labute approximate surface area is 166 Å². The van der Waals surface area contributed by atoms with Gasteiger partial charge in [-0.05, 0) is 56.7 Å². The summed E-state index contributed by atoms with van der Waals surface area (Å²) in [5.74, 6) is 0.0534. The molecule has 2 N–H and O–H groups in total. The van der Waals surface area contributed by atoms with Gasteiger partial charge in [-0.1, -0.05) is 17.7 Å². The molecule has 1 spiro atoms. The highest BCUT2D eigenvalue weighted by atomic mass is 35.5. The van der Waals surface area contributed by atoms with E-state index in [0.717, 1.165) is 62.4 Å². The third-order valence-electron chi connectivity index (χ3n) is 6.85. The topological polar surface area (TPSA) is 55.8 Å². The molecule has 4 rings (SSSR count). The van der Waals surface area contributed by atoms with Crippen LogP contribution in [0.5, 0.6) is 0 Å². The first-order valence-electron chi connectivity index (χ1n) is 10.2. The molecule has 1 aromatic rings. The maximum absolute atomic E-state index is 12.6. The van der Waals surface area contributed by atoms with Crippen molar-refractivity contribution in [3.63, 3.8) is 0 Å². The number of hydrogen-bond acceptors (Lipinski definition) is 4. The Morgan fingerprint density at radius 3 is 2.70 bits per heavy atom. The number of aliphatic hydroxyl groups is 1. The van der Waals surface area contributed by atoms with Crippen molar-refractivity contribution in [1.29, 1.82) is 0 Å². The summed E-state index contributed by atoms with van der Waals surface area (Å²) in [7, 11) is 0. The zero-order valence-electron chi connectivity index (χ0n) is 16.1. The number of likely N-dealkylation sites (tertiary alicyclic amines) is 1. The van der Waals surface area contributed by atoms with E-state index < -0.39 is 11.5 Å². The number of anilines is 1. The highest BCUT2D eigenvalue weighted by Crippen LogP contribution is 2.39. The minimum atomic E-state index is -0.599. The average molecular weight is 392 g/mol. The Morgan fingerprint density at radius 2 is 2.00 bits per heavy atom. The van der Waals surface area contributed by atoms with Crippen molar-refractivity contribution in [3.05, 3.63) is 28.8 Å². The fourth-order valence-corrected chi connectivity index (χ4v) is 5.23. The molecule has 27 heavy (non-hydrogen) atoms. The predicted octanol–water partition coefficient (Wildman–Crippen LogP) is 2.58. The van der Waals surface area contributed by atoms with E-state index in [2.05, 4.69) is 33.3 Å². The van der Waals surface area contributed by atoms with Crippen molar-refractivity contribution in [2.45, 2.75) is 51.2 Å². The second kappa shape index (κ2) is 7.61. The number of halogens is 1. The molecule has 3 fully saturated rings. The van der Waals surface area contributed by atoms with Crippen LogP contribution in [-0.4, -0.2) is 60.8 Å². The van der Waals surface area contributed by atoms with Gasteiger partial charge in [-0.15, -0.1) is 0 Å². The molecule has 0 radical (unpaired) electrons. The highest BCUT2D eigenvalue weighted by Gasteiger charge is 2.50. The Kier molecular flexibility index (Phi) is 5.36. The molecule has 5 nitrogen and oxygen atoms in total. The lowest BCUT2D eigenvalue weighted by Crippen LogP contribution is -2.63. The average Bonchev–Trinajstić information content (AvgIpc) is 2.68. The lowest BCUT2D eigenvalue weighted by molar-refractivity contribution is -0.150. The largest absolute Gasteiger partial charge is 0.392 e. The van der Waals surface area contributed by atoms with Crippen LogP contribution in [0.2, 0.25) is 5.02 Å². The molecule has 3 heterocycles. The first kappa shape index (κ1) is 19.0. The van der Waals surface area contributed by atoms with Crippen LogP contribution in [0.3, 0.4) is 0 Å². The summed E-state index contributed by atoms with van der Waals surface area (Å²) in [4.78, 5) is 17.5. The van der Waals surface area contributed by atoms with Crippen molar-refractivity contribution in [1.82, 2.24) is 10.2 Å². The standard InChI is InChI=1S/C21H30ClN3O2/c1-15-3-4-17(13-18(15)22)24-10-5-16(6-11-24)25-12-7-19(26)21(14-25)8-2-9-23-20(21)27/h3-4,13,16,19,26H,2,5-12,14H2,1H3,(H,23,27)/t19-,21+/m0/s1. The second-order valence-electron chi connectivity index (χ2n) is 8.44. The summed E-state index contributed by atoms with van der Waals surface area (Å²) in [6, 6.07) is 6.79. The molecule has 1 amide bonds. The Morgan fingerprint density at radius 1 is 1.22 bits per heavy atom. The summed E-state index contributed by atoms with van der Waals surface area (Å²) in [6.45, 7) is 6.36. The van der Waals surface area contributed by atoms with Crippen molar-refractivity contribution in [2.24, 2.45) is 5.41 Å². The molecule has 0 aliphatic carbocycles.